The van der Waals surface area contributed by atoms with Crippen molar-refractivity contribution in [3.8, 4) is 5.69 Å². The van der Waals surface area contributed by atoms with Crippen molar-refractivity contribution in [2.45, 2.75) is 13.8 Å². The molecule has 3 aromatic rings. The number of rotatable bonds is 4. The van der Waals surface area contributed by atoms with Crippen molar-refractivity contribution >= 4 is 58.8 Å². The second-order valence-electron chi connectivity index (χ2n) is 7.54. The zero-order valence-electron chi connectivity index (χ0n) is 17.9. The van der Waals surface area contributed by atoms with Crippen LogP contribution in [-0.2, 0) is 9.59 Å². The van der Waals surface area contributed by atoms with Crippen LogP contribution in [0.2, 0.25) is 10.0 Å². The lowest BCUT2D eigenvalue weighted by Gasteiger charge is -2.27. The number of urea groups is 1. The van der Waals surface area contributed by atoms with E-state index >= 15 is 0 Å². The van der Waals surface area contributed by atoms with Gasteiger partial charge in [-0.1, -0.05) is 35.3 Å². The van der Waals surface area contributed by atoms with Crippen molar-refractivity contribution in [2.75, 3.05) is 4.90 Å². The number of amides is 4. The van der Waals surface area contributed by atoms with Gasteiger partial charge in [0.25, 0.3) is 11.8 Å². The minimum atomic E-state index is -1.08. The van der Waals surface area contributed by atoms with E-state index in [1.807, 2.05) is 0 Å². The van der Waals surface area contributed by atoms with Gasteiger partial charge in [-0.15, -0.1) is 0 Å². The fourth-order valence-corrected chi connectivity index (χ4v) is 4.34. The molecule has 172 valence electrons. The highest BCUT2D eigenvalue weighted by Gasteiger charge is 2.38. The average molecular weight is 498 g/mol. The maximum Gasteiger partial charge on any atom is 0.337 e. The lowest BCUT2D eigenvalue weighted by molar-refractivity contribution is -0.122. The molecule has 4 rings (SSSR count). The molecule has 1 aromatic heterocycles. The topological polar surface area (TPSA) is 109 Å². The Bertz CT molecular complexity index is 1420. The number of barbiturate groups is 1. The molecule has 1 aliphatic rings. The molecule has 0 bridgehead atoms. The molecule has 1 fully saturated rings. The number of carbonyl (C=O) groups excluding carboxylic acids is 3. The minimum absolute atomic E-state index is 0.0631. The van der Waals surface area contributed by atoms with Gasteiger partial charge in [0.15, 0.2) is 0 Å². The molecular weight excluding hydrogens is 481 g/mol. The van der Waals surface area contributed by atoms with E-state index < -0.39 is 23.8 Å². The van der Waals surface area contributed by atoms with Crippen LogP contribution in [-0.4, -0.2) is 33.5 Å². The van der Waals surface area contributed by atoms with Crippen molar-refractivity contribution in [3.63, 3.8) is 0 Å². The van der Waals surface area contributed by atoms with Crippen molar-refractivity contribution < 1.29 is 24.3 Å². The Hall–Kier alpha value is -3.88. The summed E-state index contributed by atoms with van der Waals surface area (Å²) >= 11 is 12.1. The predicted octanol–water partition coefficient (Wildman–Crippen LogP) is 4.77. The number of hydrogen-bond acceptors (Lipinski definition) is 4. The Morgan fingerprint density at radius 2 is 1.71 bits per heavy atom. The first-order valence-corrected chi connectivity index (χ1v) is 10.7. The number of imide groups is 2. The number of benzene rings is 2. The number of nitrogens with one attached hydrogen (secondary N) is 1. The van der Waals surface area contributed by atoms with E-state index in [4.69, 9.17) is 23.2 Å². The summed E-state index contributed by atoms with van der Waals surface area (Å²) in [5.41, 5.74) is 2.14. The third kappa shape index (κ3) is 3.98. The van der Waals surface area contributed by atoms with Gasteiger partial charge < -0.3 is 9.67 Å². The van der Waals surface area contributed by atoms with E-state index in [-0.39, 0.29) is 21.8 Å². The van der Waals surface area contributed by atoms with E-state index in [0.717, 1.165) is 4.90 Å². The van der Waals surface area contributed by atoms with E-state index in [1.54, 1.807) is 42.7 Å². The van der Waals surface area contributed by atoms with Crippen LogP contribution < -0.4 is 10.2 Å². The van der Waals surface area contributed by atoms with Crippen LogP contribution in [0.1, 0.15) is 27.3 Å². The zero-order chi connectivity index (χ0) is 24.7. The molecule has 0 atom stereocenters. The van der Waals surface area contributed by atoms with Gasteiger partial charge >= 0.3 is 12.0 Å². The molecule has 34 heavy (non-hydrogen) atoms. The van der Waals surface area contributed by atoms with Gasteiger partial charge in [-0.3, -0.25) is 14.9 Å². The number of hydrogen-bond donors (Lipinski definition) is 2. The van der Waals surface area contributed by atoms with Crippen LogP contribution in [0.25, 0.3) is 11.8 Å². The smallest absolute Gasteiger partial charge is 0.337 e. The van der Waals surface area contributed by atoms with E-state index in [0.29, 0.717) is 27.7 Å². The molecule has 2 heterocycles. The van der Waals surface area contributed by atoms with Gasteiger partial charge in [0.1, 0.15) is 5.57 Å². The molecule has 0 aliphatic carbocycles. The first-order chi connectivity index (χ1) is 16.1. The Kier molecular flexibility index (Phi) is 6.03. The summed E-state index contributed by atoms with van der Waals surface area (Å²) in [4.78, 5) is 50.7. The molecule has 0 spiro atoms. The summed E-state index contributed by atoms with van der Waals surface area (Å²) in [7, 11) is 0. The fourth-order valence-electron chi connectivity index (χ4n) is 3.85. The second kappa shape index (κ2) is 8.81. The van der Waals surface area contributed by atoms with Gasteiger partial charge in [-0.05, 0) is 61.9 Å². The predicted molar refractivity (Wildman–Crippen MR) is 128 cm³/mol. The molecule has 2 N–H and O–H groups in total. The Labute approximate surface area is 204 Å². The molecular formula is C24H17Cl2N3O5. The lowest BCUT2D eigenvalue weighted by Crippen LogP contribution is -2.54. The number of carbonyl (C=O) groups is 4. The second-order valence-corrected chi connectivity index (χ2v) is 8.38. The molecule has 0 saturated carbocycles. The fraction of sp³-hybridized carbons (Fsp3) is 0.0833. The van der Waals surface area contributed by atoms with Gasteiger partial charge in [-0.25, -0.2) is 14.5 Å². The number of aromatic nitrogens is 1. The summed E-state index contributed by atoms with van der Waals surface area (Å²) in [5, 5.41) is 12.1. The maximum absolute atomic E-state index is 13.2. The van der Waals surface area contributed by atoms with Crippen LogP contribution in [0.5, 0.6) is 0 Å². The first-order valence-electron chi connectivity index (χ1n) is 9.98. The zero-order valence-corrected chi connectivity index (χ0v) is 19.4. The Balaban J connectivity index is 1.81. The van der Waals surface area contributed by atoms with Gasteiger partial charge in [-0.2, -0.15) is 0 Å². The van der Waals surface area contributed by atoms with Gasteiger partial charge in [0.05, 0.1) is 22.0 Å². The number of carboxylic acid groups (broad SMARTS) is 1. The quantitative estimate of drug-likeness (QED) is 0.398. The number of aromatic carboxylic acids is 1. The Morgan fingerprint density at radius 1 is 1.00 bits per heavy atom. The van der Waals surface area contributed by atoms with Crippen LogP contribution in [0.4, 0.5) is 10.5 Å². The average Bonchev–Trinajstić information content (AvgIpc) is 3.05. The lowest BCUT2D eigenvalue weighted by atomic mass is 10.1. The molecule has 0 unspecified atom stereocenters. The number of aryl methyl sites for hydroxylation is 1. The number of anilines is 1. The van der Waals surface area contributed by atoms with E-state index in [1.165, 1.54) is 30.3 Å². The SMILES string of the molecule is Cc1cc(/C=C2\C(=O)NC(=O)N(c3ccc(Cl)cc3Cl)C2=O)c(C)n1-c1ccccc1C(=O)O. The monoisotopic (exact) mass is 497 g/mol. The van der Waals surface area contributed by atoms with Gasteiger partial charge in [0, 0.05) is 16.4 Å². The summed E-state index contributed by atoms with van der Waals surface area (Å²) in [5.74, 6) is -2.79. The first kappa shape index (κ1) is 23.3. The highest BCUT2D eigenvalue weighted by atomic mass is 35.5. The van der Waals surface area contributed by atoms with Crippen LogP contribution in [0, 0.1) is 13.8 Å². The van der Waals surface area contributed by atoms with Crippen molar-refractivity contribution in [1.82, 2.24) is 9.88 Å². The molecule has 1 saturated heterocycles. The van der Waals surface area contributed by atoms with E-state index in [9.17, 15) is 24.3 Å². The summed E-state index contributed by atoms with van der Waals surface area (Å²) < 4.78 is 1.72. The summed E-state index contributed by atoms with van der Waals surface area (Å²) in [6.07, 6.45) is 1.36. The molecule has 8 nitrogen and oxygen atoms in total. The van der Waals surface area contributed by atoms with Crippen LogP contribution in [0.15, 0.2) is 54.1 Å². The highest BCUT2D eigenvalue weighted by molar-refractivity contribution is 6.42. The van der Waals surface area contributed by atoms with Crippen LogP contribution in [0.3, 0.4) is 0 Å². The molecule has 4 amide bonds. The number of para-hydroxylation sites is 1. The summed E-state index contributed by atoms with van der Waals surface area (Å²) in [6.45, 7) is 3.52. The molecule has 2 aromatic carbocycles. The minimum Gasteiger partial charge on any atom is -0.478 e. The number of halogens is 2. The molecule has 1 aliphatic heterocycles. The van der Waals surface area contributed by atoms with E-state index in [2.05, 4.69) is 5.32 Å². The highest BCUT2D eigenvalue weighted by Crippen LogP contribution is 2.32. The standard InChI is InChI=1S/C24H17Cl2N3O5/c1-12-9-14(13(2)28(12)19-6-4-3-5-16(19)23(32)33)10-17-21(30)27-24(34)29(22(17)31)20-8-7-15(25)11-18(20)26/h3-11H,1-2H3,(H,32,33)(H,27,30,34)/b17-10+. The third-order valence-corrected chi connectivity index (χ3v) is 5.94. The normalized spacial score (nSPS) is 15.1. The third-order valence-electron chi connectivity index (χ3n) is 5.40. The van der Waals surface area contributed by atoms with Crippen molar-refractivity contribution in [1.29, 1.82) is 0 Å². The maximum atomic E-state index is 13.2. The number of nitrogens with zero attached hydrogens (tertiary/aromatic N) is 2. The largest absolute Gasteiger partial charge is 0.478 e. The van der Waals surface area contributed by atoms with Crippen molar-refractivity contribution in [3.05, 3.63) is 86.7 Å². The molecule has 0 radical (unpaired) electrons. The van der Waals surface area contributed by atoms with Gasteiger partial charge in [0.2, 0.25) is 0 Å². The van der Waals surface area contributed by atoms with Crippen molar-refractivity contribution in [2.24, 2.45) is 0 Å². The molecule has 10 heteroatoms. The number of carboxylic acids is 1. The summed E-state index contributed by atoms with van der Waals surface area (Å²) in [6, 6.07) is 11.6. The Morgan fingerprint density at radius 3 is 2.38 bits per heavy atom. The van der Waals surface area contributed by atoms with Crippen LogP contribution >= 0.6 is 23.2 Å².